The predicted molar refractivity (Wildman–Crippen MR) is 72.9 cm³/mol. The molecule has 0 radical (unpaired) electrons. The molecule has 0 amide bonds. The number of carboxylic acids is 1. The highest BCUT2D eigenvalue weighted by Gasteiger charge is 2.15. The molecule has 3 heteroatoms. The van der Waals surface area contributed by atoms with Gasteiger partial charge in [-0.2, -0.15) is 0 Å². The average molecular weight is 248 g/mol. The number of hydrogen-bond donors (Lipinski definition) is 1. The van der Waals surface area contributed by atoms with E-state index in [0.29, 0.717) is 0 Å². The quantitative estimate of drug-likeness (QED) is 0.830. The molecule has 0 saturated heterocycles. The van der Waals surface area contributed by atoms with Gasteiger partial charge in [0.15, 0.2) is 0 Å². The first-order chi connectivity index (χ1) is 8.36. The molecule has 0 unspecified atom stereocenters. The highest BCUT2D eigenvalue weighted by Crippen LogP contribution is 2.33. The van der Waals surface area contributed by atoms with E-state index in [1.54, 1.807) is 7.11 Å². The van der Waals surface area contributed by atoms with Crippen LogP contribution in [-0.2, 0) is 4.79 Å². The second kappa shape index (κ2) is 5.71. The largest absolute Gasteiger partial charge is 0.496 e. The maximum absolute atomic E-state index is 10.9. The lowest BCUT2D eigenvalue weighted by Gasteiger charge is -2.17. The molecule has 0 aliphatic carbocycles. The van der Waals surface area contributed by atoms with Crippen LogP contribution < -0.4 is 4.74 Å². The summed E-state index contributed by atoms with van der Waals surface area (Å²) < 4.78 is 5.36. The molecule has 1 rings (SSSR count). The molecule has 0 aromatic heterocycles. The van der Waals surface area contributed by atoms with Crippen LogP contribution in [0.5, 0.6) is 5.75 Å². The summed E-state index contributed by atoms with van der Waals surface area (Å²) in [6.45, 7) is 7.97. The van der Waals surface area contributed by atoms with Crippen LogP contribution in [0.3, 0.4) is 0 Å². The molecule has 98 valence electrons. The van der Waals surface area contributed by atoms with Crippen LogP contribution >= 0.6 is 0 Å². The van der Waals surface area contributed by atoms with E-state index in [4.69, 9.17) is 9.84 Å². The molecule has 1 N–H and O–H groups in total. The summed E-state index contributed by atoms with van der Waals surface area (Å²) in [4.78, 5) is 10.9. The topological polar surface area (TPSA) is 46.5 Å². The number of allylic oxidation sites excluding steroid dienone is 1. The van der Waals surface area contributed by atoms with Gasteiger partial charge in [0.25, 0.3) is 0 Å². The maximum Gasteiger partial charge on any atom is 0.328 e. The Morgan fingerprint density at radius 2 is 1.83 bits per heavy atom. The van der Waals surface area contributed by atoms with E-state index < -0.39 is 5.97 Å². The lowest BCUT2D eigenvalue weighted by molar-refractivity contribution is -0.131. The zero-order valence-electron chi connectivity index (χ0n) is 11.6. The van der Waals surface area contributed by atoms with Crippen molar-refractivity contribution in [3.05, 3.63) is 34.9 Å². The SMILES string of the molecule is COc1cc(C)c(C)cc1/C(=C/C(=O)O)C(C)C. The Morgan fingerprint density at radius 3 is 2.28 bits per heavy atom. The third-order valence-corrected chi connectivity index (χ3v) is 3.03. The van der Waals surface area contributed by atoms with Gasteiger partial charge in [0.05, 0.1) is 7.11 Å². The smallest absolute Gasteiger partial charge is 0.328 e. The highest BCUT2D eigenvalue weighted by molar-refractivity contribution is 5.91. The van der Waals surface area contributed by atoms with Crippen molar-refractivity contribution in [1.82, 2.24) is 0 Å². The Labute approximate surface area is 108 Å². The number of methoxy groups -OCH3 is 1. The molecule has 0 fully saturated rings. The summed E-state index contributed by atoms with van der Waals surface area (Å²) in [7, 11) is 1.60. The number of carbonyl (C=O) groups is 1. The molecule has 0 heterocycles. The molecule has 0 aliphatic heterocycles. The number of aliphatic carboxylic acids is 1. The fourth-order valence-electron chi connectivity index (χ4n) is 1.87. The van der Waals surface area contributed by atoms with Crippen molar-refractivity contribution in [1.29, 1.82) is 0 Å². The van der Waals surface area contributed by atoms with Crippen LogP contribution in [0.25, 0.3) is 5.57 Å². The lowest BCUT2D eigenvalue weighted by Crippen LogP contribution is -2.02. The molecule has 1 aromatic rings. The fourth-order valence-corrected chi connectivity index (χ4v) is 1.87. The molecule has 3 nitrogen and oxygen atoms in total. The molecule has 0 atom stereocenters. The van der Waals surface area contributed by atoms with E-state index >= 15 is 0 Å². The summed E-state index contributed by atoms with van der Waals surface area (Å²) in [5, 5.41) is 8.96. The van der Waals surface area contributed by atoms with Crippen molar-refractivity contribution in [2.24, 2.45) is 5.92 Å². The van der Waals surface area contributed by atoms with Crippen molar-refractivity contribution in [3.8, 4) is 5.75 Å². The van der Waals surface area contributed by atoms with E-state index in [9.17, 15) is 4.79 Å². The molecule has 0 aliphatic rings. The number of benzene rings is 1. The normalized spacial score (nSPS) is 11.8. The van der Waals surface area contributed by atoms with Gasteiger partial charge < -0.3 is 9.84 Å². The first kappa shape index (κ1) is 14.3. The summed E-state index contributed by atoms with van der Waals surface area (Å²) in [6, 6.07) is 3.94. The molecular weight excluding hydrogens is 228 g/mol. The summed E-state index contributed by atoms with van der Waals surface area (Å²) in [6.07, 6.45) is 1.26. The minimum atomic E-state index is -0.931. The van der Waals surface area contributed by atoms with Crippen molar-refractivity contribution in [2.45, 2.75) is 27.7 Å². The van der Waals surface area contributed by atoms with E-state index in [2.05, 4.69) is 0 Å². The Bertz CT molecular complexity index is 485. The third-order valence-electron chi connectivity index (χ3n) is 3.03. The van der Waals surface area contributed by atoms with Gasteiger partial charge in [0.1, 0.15) is 5.75 Å². The van der Waals surface area contributed by atoms with Gasteiger partial charge >= 0.3 is 5.97 Å². The Balaban J connectivity index is 3.45. The monoisotopic (exact) mass is 248 g/mol. The molecular formula is C15H20O3. The molecule has 0 spiro atoms. The minimum Gasteiger partial charge on any atom is -0.496 e. The Hall–Kier alpha value is -1.77. The summed E-state index contributed by atoms with van der Waals surface area (Å²) in [5.74, 6) is -0.0876. The van der Waals surface area contributed by atoms with Gasteiger partial charge in [0.2, 0.25) is 0 Å². The predicted octanol–water partition coefficient (Wildman–Crippen LogP) is 3.44. The van der Waals surface area contributed by atoms with Crippen LogP contribution in [0, 0.1) is 19.8 Å². The second-order valence-corrected chi connectivity index (χ2v) is 4.73. The standard InChI is InChI=1S/C15H20O3/c1-9(2)12(8-15(16)17)13-6-10(3)11(4)7-14(13)18-5/h6-9H,1-5H3,(H,16,17)/b12-8+. The fraction of sp³-hybridized carbons (Fsp3) is 0.400. The van der Waals surface area contributed by atoms with Crippen molar-refractivity contribution in [3.63, 3.8) is 0 Å². The van der Waals surface area contributed by atoms with E-state index in [1.165, 1.54) is 6.08 Å². The van der Waals surface area contributed by atoms with Crippen LogP contribution in [-0.4, -0.2) is 18.2 Å². The highest BCUT2D eigenvalue weighted by atomic mass is 16.5. The zero-order chi connectivity index (χ0) is 13.9. The molecule has 0 saturated carbocycles. The van der Waals surface area contributed by atoms with Gasteiger partial charge in [-0.3, -0.25) is 0 Å². The van der Waals surface area contributed by atoms with Crippen LogP contribution in [0.4, 0.5) is 0 Å². The first-order valence-electron chi connectivity index (χ1n) is 5.97. The number of ether oxygens (including phenoxy) is 1. The van der Waals surface area contributed by atoms with E-state index in [-0.39, 0.29) is 5.92 Å². The number of carboxylic acid groups (broad SMARTS) is 1. The van der Waals surface area contributed by atoms with E-state index in [1.807, 2.05) is 39.8 Å². The van der Waals surface area contributed by atoms with Crippen molar-refractivity contribution >= 4 is 11.5 Å². The molecule has 0 bridgehead atoms. The van der Waals surface area contributed by atoms with Crippen LogP contribution in [0.1, 0.15) is 30.5 Å². The molecule has 18 heavy (non-hydrogen) atoms. The van der Waals surface area contributed by atoms with Gasteiger partial charge in [-0.15, -0.1) is 0 Å². The summed E-state index contributed by atoms with van der Waals surface area (Å²) in [5.41, 5.74) is 3.90. The minimum absolute atomic E-state index is 0.122. The maximum atomic E-state index is 10.9. The van der Waals surface area contributed by atoms with Crippen LogP contribution in [0.2, 0.25) is 0 Å². The van der Waals surface area contributed by atoms with E-state index in [0.717, 1.165) is 28.0 Å². The summed E-state index contributed by atoms with van der Waals surface area (Å²) >= 11 is 0. The average Bonchev–Trinajstić information content (AvgIpc) is 2.28. The lowest BCUT2D eigenvalue weighted by atomic mass is 9.91. The van der Waals surface area contributed by atoms with Gasteiger partial charge in [0, 0.05) is 11.6 Å². The molecule has 1 aromatic carbocycles. The van der Waals surface area contributed by atoms with Gasteiger partial charge in [-0.25, -0.2) is 4.79 Å². The van der Waals surface area contributed by atoms with Crippen LogP contribution in [0.15, 0.2) is 18.2 Å². The zero-order valence-corrected chi connectivity index (χ0v) is 11.6. The number of aryl methyl sites for hydroxylation is 2. The third kappa shape index (κ3) is 3.13. The second-order valence-electron chi connectivity index (χ2n) is 4.73. The Kier molecular flexibility index (Phi) is 4.54. The van der Waals surface area contributed by atoms with Crippen molar-refractivity contribution in [2.75, 3.05) is 7.11 Å². The number of rotatable bonds is 4. The Morgan fingerprint density at radius 1 is 1.28 bits per heavy atom. The first-order valence-corrected chi connectivity index (χ1v) is 5.97. The van der Waals surface area contributed by atoms with Gasteiger partial charge in [-0.05, 0) is 48.6 Å². The van der Waals surface area contributed by atoms with Crippen molar-refractivity contribution < 1.29 is 14.6 Å². The van der Waals surface area contributed by atoms with Gasteiger partial charge in [-0.1, -0.05) is 13.8 Å². The number of hydrogen-bond acceptors (Lipinski definition) is 2.